The highest BCUT2D eigenvalue weighted by atomic mass is 79.9. The van der Waals surface area contributed by atoms with E-state index in [-0.39, 0.29) is 6.10 Å². The van der Waals surface area contributed by atoms with Crippen LogP contribution in [0.4, 0.5) is 0 Å². The van der Waals surface area contributed by atoms with Gasteiger partial charge in [-0.3, -0.25) is 0 Å². The first-order chi connectivity index (χ1) is 8.12. The molecule has 3 heteroatoms. The highest BCUT2D eigenvalue weighted by Crippen LogP contribution is 2.27. The number of methoxy groups -OCH3 is 1. The van der Waals surface area contributed by atoms with Gasteiger partial charge in [-0.15, -0.1) is 0 Å². The van der Waals surface area contributed by atoms with Crippen LogP contribution in [0.3, 0.4) is 0 Å². The van der Waals surface area contributed by atoms with Crippen molar-refractivity contribution in [2.24, 2.45) is 5.92 Å². The fourth-order valence-corrected chi connectivity index (χ4v) is 2.67. The Hall–Kier alpha value is -0.540. The summed E-state index contributed by atoms with van der Waals surface area (Å²) < 4.78 is 6.12. The van der Waals surface area contributed by atoms with Crippen LogP contribution < -0.4 is 4.74 Å². The van der Waals surface area contributed by atoms with Crippen molar-refractivity contribution >= 4 is 15.9 Å². The summed E-state index contributed by atoms with van der Waals surface area (Å²) in [5.41, 5.74) is 1.14. The van der Waals surface area contributed by atoms with E-state index in [9.17, 15) is 5.11 Å². The average molecular weight is 301 g/mol. The minimum absolute atomic E-state index is 0.259. The summed E-state index contributed by atoms with van der Waals surface area (Å²) >= 11 is 3.46. The van der Waals surface area contributed by atoms with Gasteiger partial charge < -0.3 is 9.84 Å². The molecule has 0 heterocycles. The first kappa shape index (κ1) is 14.5. The van der Waals surface area contributed by atoms with Gasteiger partial charge in [0.1, 0.15) is 5.75 Å². The molecule has 0 radical (unpaired) electrons. The zero-order valence-electron chi connectivity index (χ0n) is 10.7. The molecule has 1 atom stereocenters. The van der Waals surface area contributed by atoms with Crippen LogP contribution in [0.25, 0.3) is 0 Å². The zero-order valence-corrected chi connectivity index (χ0v) is 12.3. The van der Waals surface area contributed by atoms with Crippen molar-refractivity contribution in [1.29, 1.82) is 0 Å². The number of halogens is 1. The highest BCUT2D eigenvalue weighted by Gasteiger charge is 2.16. The molecule has 0 aliphatic heterocycles. The molecule has 1 unspecified atom stereocenters. The maximum absolute atomic E-state index is 10.1. The Bertz CT molecular complexity index is 348. The third-order valence-electron chi connectivity index (χ3n) is 3.25. The summed E-state index contributed by atoms with van der Waals surface area (Å²) in [6.45, 7) is 4.25. The Morgan fingerprint density at radius 1 is 1.29 bits per heavy atom. The van der Waals surface area contributed by atoms with Crippen molar-refractivity contribution in [3.05, 3.63) is 28.2 Å². The number of hydrogen-bond acceptors (Lipinski definition) is 2. The lowest BCUT2D eigenvalue weighted by Crippen LogP contribution is -2.21. The summed E-state index contributed by atoms with van der Waals surface area (Å²) in [7, 11) is 1.65. The van der Waals surface area contributed by atoms with Gasteiger partial charge in [0.25, 0.3) is 0 Å². The number of benzene rings is 1. The Kier molecular flexibility index (Phi) is 6.00. The van der Waals surface area contributed by atoms with E-state index in [1.165, 1.54) is 0 Å². The van der Waals surface area contributed by atoms with E-state index in [1.54, 1.807) is 7.11 Å². The van der Waals surface area contributed by atoms with Crippen LogP contribution in [-0.4, -0.2) is 18.3 Å². The standard InChI is InChI=1S/C14H21BrO2/c1-4-11(5-2)13(16)9-10-6-7-14(17-3)12(15)8-10/h6-8,11,13,16H,4-5,9H2,1-3H3. The average Bonchev–Trinajstić information content (AvgIpc) is 2.31. The number of aliphatic hydroxyl groups excluding tert-OH is 1. The third kappa shape index (κ3) is 4.00. The van der Waals surface area contributed by atoms with Crippen molar-refractivity contribution in [1.82, 2.24) is 0 Å². The van der Waals surface area contributed by atoms with Crippen LogP contribution in [0.5, 0.6) is 5.75 Å². The summed E-state index contributed by atoms with van der Waals surface area (Å²) in [5, 5.41) is 10.1. The molecule has 1 aromatic carbocycles. The van der Waals surface area contributed by atoms with E-state index < -0.39 is 0 Å². The second-order valence-electron chi connectivity index (χ2n) is 4.32. The molecular weight excluding hydrogens is 280 g/mol. The maximum Gasteiger partial charge on any atom is 0.133 e. The van der Waals surface area contributed by atoms with Crippen molar-refractivity contribution in [2.75, 3.05) is 7.11 Å². The normalized spacial score (nSPS) is 12.8. The first-order valence-corrected chi connectivity index (χ1v) is 6.92. The minimum Gasteiger partial charge on any atom is -0.496 e. The van der Waals surface area contributed by atoms with Crippen LogP contribution in [0.1, 0.15) is 32.3 Å². The second-order valence-corrected chi connectivity index (χ2v) is 5.17. The molecular formula is C14H21BrO2. The molecule has 0 aromatic heterocycles. The summed E-state index contributed by atoms with van der Waals surface area (Å²) in [5.74, 6) is 1.21. The van der Waals surface area contributed by atoms with Crippen LogP contribution in [0.2, 0.25) is 0 Å². The third-order valence-corrected chi connectivity index (χ3v) is 3.87. The monoisotopic (exact) mass is 300 g/mol. The molecule has 0 saturated heterocycles. The van der Waals surface area contributed by atoms with E-state index in [2.05, 4.69) is 29.8 Å². The predicted molar refractivity (Wildman–Crippen MR) is 74.5 cm³/mol. The molecule has 1 N–H and O–H groups in total. The van der Waals surface area contributed by atoms with Gasteiger partial charge in [0.05, 0.1) is 17.7 Å². The topological polar surface area (TPSA) is 29.5 Å². The summed E-state index contributed by atoms with van der Waals surface area (Å²) in [6, 6.07) is 5.96. The van der Waals surface area contributed by atoms with Gasteiger partial charge in [0.2, 0.25) is 0 Å². The summed E-state index contributed by atoms with van der Waals surface area (Å²) in [4.78, 5) is 0. The summed E-state index contributed by atoms with van der Waals surface area (Å²) in [6.07, 6.45) is 2.49. The number of hydrogen-bond donors (Lipinski definition) is 1. The van der Waals surface area contributed by atoms with Gasteiger partial charge in [-0.1, -0.05) is 32.8 Å². The molecule has 0 spiro atoms. The molecule has 0 aliphatic carbocycles. The van der Waals surface area contributed by atoms with E-state index in [1.807, 2.05) is 18.2 Å². The van der Waals surface area contributed by atoms with Gasteiger partial charge in [-0.05, 0) is 46.0 Å². The number of rotatable bonds is 6. The Balaban J connectivity index is 2.71. The van der Waals surface area contributed by atoms with Crippen LogP contribution >= 0.6 is 15.9 Å². The van der Waals surface area contributed by atoms with Gasteiger partial charge in [-0.2, -0.15) is 0 Å². The molecule has 17 heavy (non-hydrogen) atoms. The molecule has 0 bridgehead atoms. The lowest BCUT2D eigenvalue weighted by atomic mass is 9.92. The van der Waals surface area contributed by atoms with Gasteiger partial charge in [-0.25, -0.2) is 0 Å². The fourth-order valence-electron chi connectivity index (χ4n) is 2.08. The van der Waals surface area contributed by atoms with Gasteiger partial charge >= 0.3 is 0 Å². The predicted octanol–water partition coefficient (Wildman–Crippen LogP) is 3.80. The molecule has 1 aromatic rings. The minimum atomic E-state index is -0.259. The molecule has 2 nitrogen and oxygen atoms in total. The van der Waals surface area contributed by atoms with E-state index in [0.29, 0.717) is 12.3 Å². The zero-order chi connectivity index (χ0) is 12.8. The largest absolute Gasteiger partial charge is 0.496 e. The lowest BCUT2D eigenvalue weighted by Gasteiger charge is -2.20. The van der Waals surface area contributed by atoms with E-state index in [4.69, 9.17) is 4.74 Å². The SMILES string of the molecule is CCC(CC)C(O)Cc1ccc(OC)c(Br)c1. The molecule has 0 fully saturated rings. The second kappa shape index (κ2) is 7.02. The Morgan fingerprint density at radius 3 is 2.41 bits per heavy atom. The van der Waals surface area contributed by atoms with Crippen LogP contribution in [0.15, 0.2) is 22.7 Å². The van der Waals surface area contributed by atoms with Crippen LogP contribution in [0, 0.1) is 5.92 Å². The van der Waals surface area contributed by atoms with Crippen molar-refractivity contribution in [3.8, 4) is 5.75 Å². The smallest absolute Gasteiger partial charge is 0.133 e. The Morgan fingerprint density at radius 2 is 1.94 bits per heavy atom. The van der Waals surface area contributed by atoms with Gasteiger partial charge in [0.15, 0.2) is 0 Å². The molecule has 96 valence electrons. The number of ether oxygens (including phenoxy) is 1. The highest BCUT2D eigenvalue weighted by molar-refractivity contribution is 9.10. The molecule has 0 saturated carbocycles. The maximum atomic E-state index is 10.1. The number of aliphatic hydroxyl groups is 1. The Labute approximate surface area is 112 Å². The van der Waals surface area contributed by atoms with E-state index in [0.717, 1.165) is 28.6 Å². The molecule has 0 aliphatic rings. The quantitative estimate of drug-likeness (QED) is 0.866. The molecule has 1 rings (SSSR count). The van der Waals surface area contributed by atoms with Crippen LogP contribution in [-0.2, 0) is 6.42 Å². The lowest BCUT2D eigenvalue weighted by molar-refractivity contribution is 0.103. The van der Waals surface area contributed by atoms with E-state index >= 15 is 0 Å². The van der Waals surface area contributed by atoms with Crippen molar-refractivity contribution in [2.45, 2.75) is 39.2 Å². The van der Waals surface area contributed by atoms with Crippen molar-refractivity contribution < 1.29 is 9.84 Å². The first-order valence-electron chi connectivity index (χ1n) is 6.12. The molecule has 0 amide bonds. The fraction of sp³-hybridized carbons (Fsp3) is 0.571. The van der Waals surface area contributed by atoms with Crippen molar-refractivity contribution in [3.63, 3.8) is 0 Å². The van der Waals surface area contributed by atoms with Gasteiger partial charge in [0, 0.05) is 0 Å².